The molecule has 5 nitrogen and oxygen atoms in total. The normalized spacial score (nSPS) is 12.7. The Hall–Kier alpha value is -1.89. The summed E-state index contributed by atoms with van der Waals surface area (Å²) in [6.45, 7) is 0. The molecule has 0 aliphatic heterocycles. The molecule has 0 radical (unpaired) electrons. The van der Waals surface area contributed by atoms with Crippen molar-refractivity contribution in [3.63, 3.8) is 0 Å². The van der Waals surface area contributed by atoms with E-state index < -0.39 is 17.7 Å². The minimum absolute atomic E-state index is 0.00699. The maximum absolute atomic E-state index is 13.7. The van der Waals surface area contributed by atoms with Gasteiger partial charge in [0.05, 0.1) is 7.05 Å². The lowest BCUT2D eigenvalue weighted by molar-refractivity contribution is 0.483. The highest BCUT2D eigenvalue weighted by Crippen LogP contribution is 2.22. The highest BCUT2D eigenvalue weighted by atomic mass is 19.1. The third kappa shape index (κ3) is 2.51. The fourth-order valence-corrected chi connectivity index (χ4v) is 1.78. The van der Waals surface area contributed by atoms with Crippen LogP contribution >= 0.6 is 0 Å². The van der Waals surface area contributed by atoms with Crippen LogP contribution in [0, 0.1) is 11.6 Å². The topological polar surface area (TPSA) is 55.6 Å². The number of nitrogens with one attached hydrogen (secondary N) is 1. The Morgan fingerprint density at radius 3 is 2.50 bits per heavy atom. The summed E-state index contributed by atoms with van der Waals surface area (Å²) in [7, 11) is 3.27. The quantitative estimate of drug-likeness (QED) is 0.883. The molecule has 18 heavy (non-hydrogen) atoms. The van der Waals surface area contributed by atoms with E-state index in [0.717, 1.165) is 0 Å². The number of hydrogen-bond acceptors (Lipinski definition) is 4. The Labute approximate surface area is 103 Å². The van der Waals surface area contributed by atoms with E-state index in [1.807, 2.05) is 0 Å². The average Bonchev–Trinajstić information content (AvgIpc) is 2.73. The lowest BCUT2D eigenvalue weighted by Gasteiger charge is -2.16. The van der Waals surface area contributed by atoms with Gasteiger partial charge in [0.25, 0.3) is 0 Å². The van der Waals surface area contributed by atoms with E-state index in [9.17, 15) is 8.78 Å². The van der Waals surface area contributed by atoms with E-state index in [-0.39, 0.29) is 12.0 Å². The van der Waals surface area contributed by atoms with Crippen LogP contribution in [0.3, 0.4) is 0 Å². The summed E-state index contributed by atoms with van der Waals surface area (Å²) >= 11 is 0. The molecular formula is C11H13F2N5. The van der Waals surface area contributed by atoms with Crippen LogP contribution in [-0.2, 0) is 13.5 Å². The van der Waals surface area contributed by atoms with E-state index in [1.165, 1.54) is 23.0 Å². The summed E-state index contributed by atoms with van der Waals surface area (Å²) in [5, 5.41) is 14.3. The van der Waals surface area contributed by atoms with Crippen molar-refractivity contribution in [2.75, 3.05) is 7.05 Å². The van der Waals surface area contributed by atoms with Gasteiger partial charge < -0.3 is 5.32 Å². The van der Waals surface area contributed by atoms with Gasteiger partial charge in [-0.3, -0.25) is 0 Å². The van der Waals surface area contributed by atoms with Gasteiger partial charge in [-0.1, -0.05) is 6.07 Å². The molecule has 1 aromatic heterocycles. The Morgan fingerprint density at radius 2 is 2.00 bits per heavy atom. The Balaban J connectivity index is 2.28. The monoisotopic (exact) mass is 253 g/mol. The molecule has 0 saturated carbocycles. The third-order valence-corrected chi connectivity index (χ3v) is 2.63. The number of halogens is 2. The van der Waals surface area contributed by atoms with Crippen molar-refractivity contribution >= 4 is 0 Å². The predicted molar refractivity (Wildman–Crippen MR) is 60.7 cm³/mol. The molecular weight excluding hydrogens is 240 g/mol. The maximum atomic E-state index is 13.7. The average molecular weight is 253 g/mol. The largest absolute Gasteiger partial charge is 0.312 e. The summed E-state index contributed by atoms with van der Waals surface area (Å²) in [6.07, 6.45) is 0.266. The molecule has 1 N–H and O–H groups in total. The Kier molecular flexibility index (Phi) is 3.61. The summed E-state index contributed by atoms with van der Waals surface area (Å²) in [4.78, 5) is 1.31. The smallest absolute Gasteiger partial charge is 0.176 e. The number of aryl methyl sites for hydroxylation is 1. The first-order chi connectivity index (χ1) is 8.61. The molecule has 0 fully saturated rings. The summed E-state index contributed by atoms with van der Waals surface area (Å²) in [5.41, 5.74) is -0.00699. The van der Waals surface area contributed by atoms with Gasteiger partial charge in [-0.2, -0.15) is 4.80 Å². The van der Waals surface area contributed by atoms with Gasteiger partial charge in [-0.25, -0.2) is 8.78 Å². The molecule has 1 atom stereocenters. The van der Waals surface area contributed by atoms with E-state index >= 15 is 0 Å². The van der Waals surface area contributed by atoms with Crippen molar-refractivity contribution in [3.8, 4) is 0 Å². The van der Waals surface area contributed by atoms with Gasteiger partial charge in [-0.05, 0) is 24.4 Å². The van der Waals surface area contributed by atoms with Crippen LogP contribution < -0.4 is 5.32 Å². The second-order valence-corrected chi connectivity index (χ2v) is 3.88. The number of hydrogen-bond donors (Lipinski definition) is 1. The second kappa shape index (κ2) is 5.18. The number of benzene rings is 1. The Bertz CT molecular complexity index is 520. The van der Waals surface area contributed by atoms with Gasteiger partial charge in [0.1, 0.15) is 11.6 Å². The molecule has 1 heterocycles. The molecule has 0 spiro atoms. The van der Waals surface area contributed by atoms with Crippen molar-refractivity contribution in [2.24, 2.45) is 7.05 Å². The first kappa shape index (κ1) is 12.6. The number of likely N-dealkylation sites (N-methyl/N-ethyl adjacent to an activating group) is 1. The van der Waals surface area contributed by atoms with Crippen LogP contribution in [0.2, 0.25) is 0 Å². The fourth-order valence-electron chi connectivity index (χ4n) is 1.78. The summed E-state index contributed by atoms with van der Waals surface area (Å²) < 4.78 is 27.3. The molecule has 2 aromatic rings. The van der Waals surface area contributed by atoms with E-state index in [0.29, 0.717) is 5.82 Å². The molecule has 0 aliphatic rings. The number of aromatic nitrogens is 4. The molecule has 0 aliphatic carbocycles. The summed E-state index contributed by atoms with van der Waals surface area (Å²) in [5.74, 6) is -0.740. The van der Waals surface area contributed by atoms with Crippen molar-refractivity contribution in [2.45, 2.75) is 12.5 Å². The molecule has 2 rings (SSSR count). The van der Waals surface area contributed by atoms with Crippen LogP contribution in [0.1, 0.15) is 17.4 Å². The predicted octanol–water partition coefficient (Wildman–Crippen LogP) is 0.991. The molecule has 96 valence electrons. The minimum atomic E-state index is -0.585. The van der Waals surface area contributed by atoms with E-state index in [2.05, 4.69) is 20.7 Å². The van der Waals surface area contributed by atoms with E-state index in [1.54, 1.807) is 14.1 Å². The molecule has 0 saturated heterocycles. The van der Waals surface area contributed by atoms with Crippen LogP contribution in [0.5, 0.6) is 0 Å². The van der Waals surface area contributed by atoms with Gasteiger partial charge in [-0.15, -0.1) is 10.2 Å². The maximum Gasteiger partial charge on any atom is 0.176 e. The molecule has 7 heteroatoms. The van der Waals surface area contributed by atoms with Gasteiger partial charge in [0, 0.05) is 18.0 Å². The van der Waals surface area contributed by atoms with Crippen molar-refractivity contribution in [3.05, 3.63) is 41.2 Å². The van der Waals surface area contributed by atoms with Crippen LogP contribution in [0.25, 0.3) is 0 Å². The van der Waals surface area contributed by atoms with Crippen molar-refractivity contribution < 1.29 is 8.78 Å². The second-order valence-electron chi connectivity index (χ2n) is 3.88. The minimum Gasteiger partial charge on any atom is -0.312 e. The number of rotatable bonds is 4. The molecule has 0 bridgehead atoms. The zero-order chi connectivity index (χ0) is 13.1. The first-order valence-electron chi connectivity index (χ1n) is 5.46. The van der Waals surface area contributed by atoms with E-state index in [4.69, 9.17) is 0 Å². The molecule has 0 amide bonds. The van der Waals surface area contributed by atoms with Crippen LogP contribution in [0.4, 0.5) is 8.78 Å². The fraction of sp³-hybridized carbons (Fsp3) is 0.364. The third-order valence-electron chi connectivity index (χ3n) is 2.63. The Morgan fingerprint density at radius 1 is 1.33 bits per heavy atom. The number of tetrazole rings is 1. The van der Waals surface area contributed by atoms with Crippen LogP contribution in [-0.4, -0.2) is 27.3 Å². The lowest BCUT2D eigenvalue weighted by Crippen LogP contribution is -2.22. The molecule has 1 unspecified atom stereocenters. The highest BCUT2D eigenvalue weighted by molar-refractivity contribution is 5.24. The zero-order valence-corrected chi connectivity index (χ0v) is 10.1. The number of nitrogens with zero attached hydrogens (tertiary/aromatic N) is 4. The standard InChI is InChI=1S/C11H13F2N5/c1-14-9(6-10-15-17-18(2)16-10)11-7(12)4-3-5-8(11)13/h3-5,9,14H,6H2,1-2H3. The van der Waals surface area contributed by atoms with Crippen molar-refractivity contribution in [1.29, 1.82) is 0 Å². The van der Waals surface area contributed by atoms with Gasteiger partial charge >= 0.3 is 0 Å². The SMILES string of the molecule is CNC(Cc1nnn(C)n1)c1c(F)cccc1F. The summed E-state index contributed by atoms with van der Waals surface area (Å²) in [6, 6.07) is 3.26. The first-order valence-corrected chi connectivity index (χ1v) is 5.46. The van der Waals surface area contributed by atoms with Crippen LogP contribution in [0.15, 0.2) is 18.2 Å². The lowest BCUT2D eigenvalue weighted by atomic mass is 10.0. The van der Waals surface area contributed by atoms with Gasteiger partial charge in [0.15, 0.2) is 5.82 Å². The van der Waals surface area contributed by atoms with Crippen molar-refractivity contribution in [1.82, 2.24) is 25.5 Å². The zero-order valence-electron chi connectivity index (χ0n) is 10.1. The molecule has 1 aromatic carbocycles. The van der Waals surface area contributed by atoms with Gasteiger partial charge in [0.2, 0.25) is 0 Å². The highest BCUT2D eigenvalue weighted by Gasteiger charge is 2.20.